The van der Waals surface area contributed by atoms with E-state index in [-0.39, 0.29) is 10.8 Å². The predicted octanol–water partition coefficient (Wildman–Crippen LogP) is 6.77. The van der Waals surface area contributed by atoms with Gasteiger partial charge in [0.2, 0.25) is 0 Å². The average molecular weight is 600 g/mol. The van der Waals surface area contributed by atoms with Gasteiger partial charge >= 0.3 is 0 Å². The number of nitrogens with one attached hydrogen (secondary N) is 1. The molecule has 6 aromatic rings. The van der Waals surface area contributed by atoms with Gasteiger partial charge < -0.3 is 14.8 Å². The van der Waals surface area contributed by atoms with Gasteiger partial charge in [0.25, 0.3) is 5.91 Å². The second-order valence-electron chi connectivity index (χ2n) is 9.71. The van der Waals surface area contributed by atoms with Gasteiger partial charge in [0.1, 0.15) is 20.1 Å². The highest BCUT2D eigenvalue weighted by Gasteiger charge is 2.17. The number of benzene rings is 4. The number of thiazole rings is 2. The first-order valence-corrected chi connectivity index (χ1v) is 15.6. The first kappa shape index (κ1) is 27.0. The molecule has 11 heteroatoms. The summed E-state index contributed by atoms with van der Waals surface area (Å²) in [6.07, 6.45) is 0. The minimum atomic E-state index is -4.63. The molecule has 0 aliphatic rings. The molecule has 0 unspecified atom stereocenters. The number of rotatable bonds is 6. The van der Waals surface area contributed by atoms with Crippen LogP contribution in [0.25, 0.3) is 41.6 Å². The number of aromatic nitrogens is 2. The summed E-state index contributed by atoms with van der Waals surface area (Å²) in [5.74, 6) is -0.180. The lowest BCUT2D eigenvalue weighted by Crippen LogP contribution is -2.13. The average Bonchev–Trinajstić information content (AvgIpc) is 3.56. The molecule has 2 aromatic heterocycles. The Bertz CT molecular complexity index is 2050. The van der Waals surface area contributed by atoms with Crippen LogP contribution in [0.3, 0.4) is 0 Å². The highest BCUT2D eigenvalue weighted by atomic mass is 32.2. The van der Waals surface area contributed by atoms with E-state index >= 15 is 0 Å². The van der Waals surface area contributed by atoms with Gasteiger partial charge in [-0.25, -0.2) is 18.4 Å². The highest BCUT2D eigenvalue weighted by Crippen LogP contribution is 2.38. The lowest BCUT2D eigenvalue weighted by Gasteiger charge is -2.12. The van der Waals surface area contributed by atoms with Crippen LogP contribution >= 0.6 is 22.7 Å². The quantitative estimate of drug-likeness (QED) is 0.210. The monoisotopic (exact) mass is 599 g/mol. The van der Waals surface area contributed by atoms with Crippen molar-refractivity contribution in [1.82, 2.24) is 9.97 Å². The summed E-state index contributed by atoms with van der Waals surface area (Å²) in [4.78, 5) is 23.8. The summed E-state index contributed by atoms with van der Waals surface area (Å²) in [5, 5.41) is 4.39. The molecule has 0 saturated heterocycles. The van der Waals surface area contributed by atoms with E-state index in [1.165, 1.54) is 22.7 Å². The molecule has 0 fully saturated rings. The van der Waals surface area contributed by atoms with E-state index < -0.39 is 10.1 Å². The third-order valence-corrected chi connectivity index (χ3v) is 9.99. The zero-order valence-corrected chi connectivity index (χ0v) is 24.7. The fraction of sp³-hybridized carbons (Fsp3) is 0.100. The van der Waals surface area contributed by atoms with Gasteiger partial charge in [0.15, 0.2) is 0 Å². The molecule has 2 heterocycles. The number of carbonyl (C=O) groups is 1. The minimum Gasteiger partial charge on any atom is -0.744 e. The predicted molar refractivity (Wildman–Crippen MR) is 165 cm³/mol. The van der Waals surface area contributed by atoms with E-state index in [2.05, 4.69) is 10.3 Å². The number of aryl methyl sites for hydroxylation is 1. The van der Waals surface area contributed by atoms with Crippen molar-refractivity contribution in [1.29, 1.82) is 0 Å². The number of hydrogen-bond donors (Lipinski definition) is 1. The Morgan fingerprint density at radius 3 is 2.15 bits per heavy atom. The molecule has 6 rings (SSSR count). The van der Waals surface area contributed by atoms with Gasteiger partial charge in [0, 0.05) is 42.2 Å². The lowest BCUT2D eigenvalue weighted by molar-refractivity contribution is 0.102. The molecule has 0 aliphatic heterocycles. The number of anilines is 2. The van der Waals surface area contributed by atoms with Gasteiger partial charge in [-0.05, 0) is 85.3 Å². The van der Waals surface area contributed by atoms with Gasteiger partial charge in [-0.3, -0.25) is 4.79 Å². The molecule has 0 radical (unpaired) electrons. The van der Waals surface area contributed by atoms with E-state index in [0.717, 1.165) is 32.0 Å². The number of nitrogens with zero attached hydrogens (tertiary/aromatic N) is 3. The largest absolute Gasteiger partial charge is 0.744 e. The number of fused-ring (bicyclic) bond motifs is 2. The highest BCUT2D eigenvalue weighted by molar-refractivity contribution is 7.86. The summed E-state index contributed by atoms with van der Waals surface area (Å²) in [6.45, 7) is 1.61. The number of amides is 1. The van der Waals surface area contributed by atoms with Crippen LogP contribution in [0.15, 0.2) is 83.8 Å². The van der Waals surface area contributed by atoms with E-state index in [4.69, 9.17) is 4.98 Å². The van der Waals surface area contributed by atoms with E-state index in [1.54, 1.807) is 31.2 Å². The molecule has 0 saturated carbocycles. The maximum absolute atomic E-state index is 12.7. The van der Waals surface area contributed by atoms with Crippen LogP contribution in [-0.2, 0) is 10.1 Å². The second kappa shape index (κ2) is 10.3. The third kappa shape index (κ3) is 5.32. The van der Waals surface area contributed by atoms with Crippen molar-refractivity contribution in [3.63, 3.8) is 0 Å². The Morgan fingerprint density at radius 1 is 0.829 bits per heavy atom. The molecule has 41 heavy (non-hydrogen) atoms. The summed E-state index contributed by atoms with van der Waals surface area (Å²) >= 11 is 2.72. The van der Waals surface area contributed by atoms with Crippen molar-refractivity contribution in [3.8, 4) is 21.1 Å². The molecule has 0 atom stereocenters. The summed E-state index contributed by atoms with van der Waals surface area (Å²) < 4.78 is 37.0. The first-order chi connectivity index (χ1) is 19.6. The molecule has 0 bridgehead atoms. The Morgan fingerprint density at radius 2 is 1.46 bits per heavy atom. The summed E-state index contributed by atoms with van der Waals surface area (Å²) in [6, 6.07) is 24.1. The smallest absolute Gasteiger partial charge is 0.255 e. The molecule has 0 aliphatic carbocycles. The molecule has 206 valence electrons. The maximum Gasteiger partial charge on any atom is 0.255 e. The Kier molecular flexibility index (Phi) is 6.82. The zero-order chi connectivity index (χ0) is 28.9. The molecular formula is C30H23N4O4S3-. The van der Waals surface area contributed by atoms with Crippen LogP contribution in [-0.4, -0.2) is 42.9 Å². The van der Waals surface area contributed by atoms with E-state index in [1.807, 2.05) is 73.6 Å². The normalized spacial score (nSPS) is 11.7. The Labute approximate surface area is 244 Å². The minimum absolute atomic E-state index is 0.180. The van der Waals surface area contributed by atoms with Crippen molar-refractivity contribution in [2.75, 3.05) is 24.3 Å². The fourth-order valence-electron chi connectivity index (χ4n) is 4.49. The van der Waals surface area contributed by atoms with Gasteiger partial charge in [-0.1, -0.05) is 6.07 Å². The molecule has 0 spiro atoms. The van der Waals surface area contributed by atoms with Crippen molar-refractivity contribution in [2.24, 2.45) is 0 Å². The fourth-order valence-corrected chi connectivity index (χ4v) is 7.78. The van der Waals surface area contributed by atoms with Crippen LogP contribution in [0.2, 0.25) is 0 Å². The lowest BCUT2D eigenvalue weighted by atomic mass is 10.1. The van der Waals surface area contributed by atoms with Gasteiger partial charge in [-0.2, -0.15) is 0 Å². The SMILES string of the molecule is Cc1ccc2nc(-c3ccc4nc(-c5ccc(NC(=O)c6ccc(N(C)C)cc6)cc5)sc4c3)sc2c1S(=O)(=O)[O-]. The van der Waals surface area contributed by atoms with Gasteiger partial charge in [-0.15, -0.1) is 22.7 Å². The first-order valence-electron chi connectivity index (χ1n) is 12.5. The van der Waals surface area contributed by atoms with Gasteiger partial charge in [0.05, 0.1) is 25.3 Å². The molecule has 1 amide bonds. The van der Waals surface area contributed by atoms with Crippen LogP contribution in [0.1, 0.15) is 15.9 Å². The standard InChI is InChI=1S/C30H24N4O4S3/c1-17-4-14-24-26(27(17)41(36,37)38)40-30(33-24)20-9-15-23-25(16-20)39-29(32-23)19-5-10-21(11-6-19)31-28(35)18-7-12-22(13-8-18)34(2)3/h4-16H,1-3H3,(H,31,35)(H,36,37,38)/p-1. The third-order valence-electron chi connectivity index (χ3n) is 6.63. The molecular weight excluding hydrogens is 577 g/mol. The second-order valence-corrected chi connectivity index (χ2v) is 13.1. The van der Waals surface area contributed by atoms with Crippen LogP contribution in [0.4, 0.5) is 11.4 Å². The van der Waals surface area contributed by atoms with Crippen LogP contribution in [0, 0.1) is 6.92 Å². The van der Waals surface area contributed by atoms with Crippen molar-refractivity contribution < 1.29 is 17.8 Å². The molecule has 4 aromatic carbocycles. The number of carbonyl (C=O) groups excluding carboxylic acids is 1. The topological polar surface area (TPSA) is 115 Å². The van der Waals surface area contributed by atoms with Crippen molar-refractivity contribution in [3.05, 3.63) is 90.0 Å². The van der Waals surface area contributed by atoms with Crippen molar-refractivity contribution in [2.45, 2.75) is 11.8 Å². The van der Waals surface area contributed by atoms with Crippen LogP contribution in [0.5, 0.6) is 0 Å². The summed E-state index contributed by atoms with van der Waals surface area (Å²) in [7, 11) is -0.730. The number of hydrogen-bond acceptors (Lipinski definition) is 9. The Hall–Kier alpha value is -4.16. The summed E-state index contributed by atoms with van der Waals surface area (Å²) in [5.41, 5.74) is 5.74. The van der Waals surface area contributed by atoms with E-state index in [0.29, 0.717) is 32.0 Å². The van der Waals surface area contributed by atoms with Crippen molar-refractivity contribution >= 4 is 70.5 Å². The molecule has 8 nitrogen and oxygen atoms in total. The van der Waals surface area contributed by atoms with Crippen LogP contribution < -0.4 is 10.2 Å². The zero-order valence-electron chi connectivity index (χ0n) is 22.2. The Balaban J connectivity index is 1.24. The van der Waals surface area contributed by atoms with E-state index in [9.17, 15) is 17.8 Å². The maximum atomic E-state index is 12.7. The molecule has 1 N–H and O–H groups in total.